The van der Waals surface area contributed by atoms with E-state index in [0.29, 0.717) is 25.2 Å². The summed E-state index contributed by atoms with van der Waals surface area (Å²) in [6.07, 6.45) is 9.94. The predicted molar refractivity (Wildman–Crippen MR) is 87.8 cm³/mol. The molecule has 2 rings (SSSR count). The molecule has 4 nitrogen and oxygen atoms in total. The van der Waals surface area contributed by atoms with Gasteiger partial charge in [-0.05, 0) is 44.9 Å². The van der Waals surface area contributed by atoms with E-state index >= 15 is 0 Å². The fourth-order valence-electron chi connectivity index (χ4n) is 3.77. The summed E-state index contributed by atoms with van der Waals surface area (Å²) in [6.45, 7) is 5.42. The molecule has 0 radical (unpaired) electrons. The van der Waals surface area contributed by atoms with Crippen molar-refractivity contribution in [3.63, 3.8) is 0 Å². The van der Waals surface area contributed by atoms with E-state index in [1.165, 1.54) is 38.5 Å². The van der Waals surface area contributed by atoms with Crippen molar-refractivity contribution in [2.45, 2.75) is 77.3 Å². The molecule has 2 atom stereocenters. The van der Waals surface area contributed by atoms with Crippen LogP contribution in [-0.4, -0.2) is 43.6 Å². The molecule has 2 unspecified atom stereocenters. The standard InChI is InChI=1S/C16H32N2O2S/c1-3-14-6-5-7-15(9-8-14)17-16-10-12-18(13-11-16)21(19,20)4-2/h14-17H,3-13H2,1-2H3. The number of hydrogen-bond acceptors (Lipinski definition) is 3. The van der Waals surface area contributed by atoms with Gasteiger partial charge in [0.05, 0.1) is 5.75 Å². The normalized spacial score (nSPS) is 30.2. The molecule has 2 fully saturated rings. The molecule has 1 heterocycles. The van der Waals surface area contributed by atoms with Gasteiger partial charge in [0.1, 0.15) is 0 Å². The van der Waals surface area contributed by atoms with Crippen molar-refractivity contribution in [3.05, 3.63) is 0 Å². The summed E-state index contributed by atoms with van der Waals surface area (Å²) < 4.78 is 25.4. The average molecular weight is 317 g/mol. The molecule has 21 heavy (non-hydrogen) atoms. The van der Waals surface area contributed by atoms with Crippen LogP contribution in [0.15, 0.2) is 0 Å². The summed E-state index contributed by atoms with van der Waals surface area (Å²) in [4.78, 5) is 0. The predicted octanol–water partition coefficient (Wildman–Crippen LogP) is 2.75. The third kappa shape index (κ3) is 4.93. The first-order valence-corrected chi connectivity index (χ1v) is 10.4. The van der Waals surface area contributed by atoms with Gasteiger partial charge in [-0.2, -0.15) is 0 Å². The van der Waals surface area contributed by atoms with Gasteiger partial charge in [-0.3, -0.25) is 0 Å². The van der Waals surface area contributed by atoms with Crippen LogP contribution in [0.2, 0.25) is 0 Å². The molecule has 124 valence electrons. The number of hydrogen-bond donors (Lipinski definition) is 1. The largest absolute Gasteiger partial charge is 0.311 e. The van der Waals surface area contributed by atoms with Crippen LogP contribution in [0, 0.1) is 5.92 Å². The zero-order valence-electron chi connectivity index (χ0n) is 13.7. The van der Waals surface area contributed by atoms with Crippen LogP contribution in [0.3, 0.4) is 0 Å². The van der Waals surface area contributed by atoms with Crippen LogP contribution in [-0.2, 0) is 10.0 Å². The third-order valence-electron chi connectivity index (χ3n) is 5.35. The lowest BCUT2D eigenvalue weighted by Gasteiger charge is -2.33. The summed E-state index contributed by atoms with van der Waals surface area (Å²) >= 11 is 0. The highest BCUT2D eigenvalue weighted by molar-refractivity contribution is 7.89. The molecule has 0 spiro atoms. The molecular weight excluding hydrogens is 284 g/mol. The maximum absolute atomic E-state index is 11.9. The van der Waals surface area contributed by atoms with Crippen LogP contribution in [0.25, 0.3) is 0 Å². The topological polar surface area (TPSA) is 49.4 Å². The van der Waals surface area contributed by atoms with E-state index in [-0.39, 0.29) is 5.75 Å². The Morgan fingerprint density at radius 1 is 0.952 bits per heavy atom. The Kier molecular flexibility index (Phi) is 6.51. The van der Waals surface area contributed by atoms with Crippen molar-refractivity contribution in [2.24, 2.45) is 5.92 Å². The van der Waals surface area contributed by atoms with E-state index in [2.05, 4.69) is 12.2 Å². The van der Waals surface area contributed by atoms with Crippen LogP contribution in [0.1, 0.15) is 65.2 Å². The molecule has 0 amide bonds. The molecular formula is C16H32N2O2S. The number of piperidine rings is 1. The second kappa shape index (κ2) is 7.93. The van der Waals surface area contributed by atoms with Gasteiger partial charge in [0.25, 0.3) is 0 Å². The summed E-state index contributed by atoms with van der Waals surface area (Å²) in [6, 6.07) is 1.16. The highest BCUT2D eigenvalue weighted by Gasteiger charge is 2.28. The first-order valence-electron chi connectivity index (χ1n) is 8.79. The van der Waals surface area contributed by atoms with Crippen molar-refractivity contribution >= 4 is 10.0 Å². The molecule has 0 bridgehead atoms. The number of rotatable bonds is 5. The van der Waals surface area contributed by atoms with Crippen LogP contribution >= 0.6 is 0 Å². The fourth-order valence-corrected chi connectivity index (χ4v) is 4.90. The summed E-state index contributed by atoms with van der Waals surface area (Å²) in [5.41, 5.74) is 0. The second-order valence-electron chi connectivity index (χ2n) is 6.72. The van der Waals surface area contributed by atoms with Crippen molar-refractivity contribution in [1.29, 1.82) is 0 Å². The summed E-state index contributed by atoms with van der Waals surface area (Å²) in [7, 11) is -2.99. The minimum absolute atomic E-state index is 0.228. The lowest BCUT2D eigenvalue weighted by Crippen LogP contribution is -2.48. The van der Waals surface area contributed by atoms with Gasteiger partial charge >= 0.3 is 0 Å². The van der Waals surface area contributed by atoms with Gasteiger partial charge < -0.3 is 5.32 Å². The molecule has 1 N–H and O–H groups in total. The Morgan fingerprint density at radius 2 is 1.62 bits per heavy atom. The Morgan fingerprint density at radius 3 is 2.24 bits per heavy atom. The van der Waals surface area contributed by atoms with E-state index in [1.54, 1.807) is 11.2 Å². The van der Waals surface area contributed by atoms with Gasteiger partial charge in [0, 0.05) is 25.2 Å². The minimum Gasteiger partial charge on any atom is -0.311 e. The Labute approximate surface area is 130 Å². The third-order valence-corrected chi connectivity index (χ3v) is 7.23. The van der Waals surface area contributed by atoms with Gasteiger partial charge in [0.2, 0.25) is 10.0 Å². The van der Waals surface area contributed by atoms with Gasteiger partial charge in [0.15, 0.2) is 0 Å². The van der Waals surface area contributed by atoms with Crippen LogP contribution < -0.4 is 5.32 Å². The average Bonchev–Trinajstić information content (AvgIpc) is 2.73. The first kappa shape index (κ1) is 17.2. The molecule has 5 heteroatoms. The van der Waals surface area contributed by atoms with E-state index < -0.39 is 10.0 Å². The van der Waals surface area contributed by atoms with Gasteiger partial charge in [-0.15, -0.1) is 0 Å². The molecule has 0 aromatic rings. The molecule has 2 aliphatic rings. The van der Waals surface area contributed by atoms with E-state index in [4.69, 9.17) is 0 Å². The summed E-state index contributed by atoms with van der Waals surface area (Å²) in [5, 5.41) is 3.81. The Hall–Kier alpha value is -0.130. The second-order valence-corrected chi connectivity index (χ2v) is 8.98. The van der Waals surface area contributed by atoms with E-state index in [0.717, 1.165) is 18.8 Å². The maximum atomic E-state index is 11.9. The lowest BCUT2D eigenvalue weighted by atomic mass is 9.97. The zero-order valence-corrected chi connectivity index (χ0v) is 14.5. The number of nitrogens with zero attached hydrogens (tertiary/aromatic N) is 1. The zero-order chi connectivity index (χ0) is 15.3. The van der Waals surface area contributed by atoms with Crippen LogP contribution in [0.5, 0.6) is 0 Å². The van der Waals surface area contributed by atoms with Crippen molar-refractivity contribution in [3.8, 4) is 0 Å². The van der Waals surface area contributed by atoms with E-state index in [1.807, 2.05) is 0 Å². The Bertz CT molecular complexity index is 403. The fraction of sp³-hybridized carbons (Fsp3) is 1.00. The first-order chi connectivity index (χ1) is 10.0. The van der Waals surface area contributed by atoms with Crippen molar-refractivity contribution < 1.29 is 8.42 Å². The Balaban J connectivity index is 1.76. The van der Waals surface area contributed by atoms with E-state index in [9.17, 15) is 8.42 Å². The van der Waals surface area contributed by atoms with Crippen molar-refractivity contribution in [2.75, 3.05) is 18.8 Å². The van der Waals surface area contributed by atoms with Gasteiger partial charge in [-0.1, -0.05) is 26.2 Å². The molecule has 1 aliphatic carbocycles. The molecule has 0 aromatic carbocycles. The molecule has 1 saturated carbocycles. The SMILES string of the molecule is CCC1CCCC(NC2CCN(S(=O)(=O)CC)CC2)CC1. The molecule has 0 aromatic heterocycles. The lowest BCUT2D eigenvalue weighted by molar-refractivity contribution is 0.265. The molecule has 1 aliphatic heterocycles. The highest BCUT2D eigenvalue weighted by atomic mass is 32.2. The smallest absolute Gasteiger partial charge is 0.213 e. The minimum atomic E-state index is -2.99. The number of sulfonamides is 1. The monoisotopic (exact) mass is 316 g/mol. The van der Waals surface area contributed by atoms with Gasteiger partial charge in [-0.25, -0.2) is 12.7 Å². The summed E-state index contributed by atoms with van der Waals surface area (Å²) in [5.74, 6) is 1.15. The highest BCUT2D eigenvalue weighted by Crippen LogP contribution is 2.26. The maximum Gasteiger partial charge on any atom is 0.213 e. The number of nitrogens with one attached hydrogen (secondary N) is 1. The quantitative estimate of drug-likeness (QED) is 0.794. The van der Waals surface area contributed by atoms with Crippen LogP contribution in [0.4, 0.5) is 0 Å². The van der Waals surface area contributed by atoms with Crippen molar-refractivity contribution in [1.82, 2.24) is 9.62 Å². The molecule has 1 saturated heterocycles.